The lowest BCUT2D eigenvalue weighted by molar-refractivity contribution is -0.137. The molecule has 1 rings (SSSR count). The number of amides is 1. The maximum absolute atomic E-state index is 12.1. The van der Waals surface area contributed by atoms with Crippen LogP contribution in [0.3, 0.4) is 0 Å². The van der Waals surface area contributed by atoms with Crippen molar-refractivity contribution in [1.29, 1.82) is 0 Å². The molecule has 0 bridgehead atoms. The maximum Gasteiger partial charge on any atom is 0.345 e. The second-order valence-corrected chi connectivity index (χ2v) is 5.47. The van der Waals surface area contributed by atoms with Crippen molar-refractivity contribution in [3.05, 3.63) is 41.8 Å². The van der Waals surface area contributed by atoms with Crippen LogP contribution in [0.2, 0.25) is 0 Å². The van der Waals surface area contributed by atoms with Gasteiger partial charge in [-0.15, -0.1) is 0 Å². The zero-order valence-electron chi connectivity index (χ0n) is 12.0. The Morgan fingerprint density at radius 3 is 2.35 bits per heavy atom. The smallest absolute Gasteiger partial charge is 0.345 e. The van der Waals surface area contributed by atoms with Crippen molar-refractivity contribution in [2.45, 2.75) is 33.9 Å². The Hall–Kier alpha value is -1.49. The minimum Gasteiger partial charge on any atom is -0.351 e. The fraction of sp³-hybridized carbons (Fsp3) is 0.467. The van der Waals surface area contributed by atoms with Crippen molar-refractivity contribution in [1.82, 2.24) is 5.32 Å². The van der Waals surface area contributed by atoms with Gasteiger partial charge in [-0.25, -0.2) is 0 Å². The monoisotopic (exact) mass is 284 g/mol. The van der Waals surface area contributed by atoms with E-state index in [4.69, 9.17) is 0 Å². The molecule has 5 heteroatoms. The average Bonchev–Trinajstić information content (AvgIpc) is 2.35. The highest BCUT2D eigenvalue weighted by atomic mass is 19.3. The van der Waals surface area contributed by atoms with E-state index >= 15 is 0 Å². The van der Waals surface area contributed by atoms with Crippen LogP contribution in [0.25, 0.3) is 0 Å². The van der Waals surface area contributed by atoms with Gasteiger partial charge in [0, 0.05) is 6.54 Å². The van der Waals surface area contributed by atoms with E-state index in [-0.39, 0.29) is 12.5 Å². The summed E-state index contributed by atoms with van der Waals surface area (Å²) in [5.74, 6) is -0.0595. The minimum absolute atomic E-state index is 0.300. The first kappa shape index (κ1) is 16.6. The summed E-state index contributed by atoms with van der Waals surface area (Å²) in [6.45, 7) is 2.47. The largest absolute Gasteiger partial charge is 0.351 e. The molecule has 1 aromatic rings. The Bertz CT molecular complexity index is 416. The molecule has 0 saturated heterocycles. The molecule has 1 amide bonds. The molecule has 0 fully saturated rings. The molecule has 0 saturated carbocycles. The van der Waals surface area contributed by atoms with Crippen LogP contribution in [0, 0.1) is 11.3 Å². The predicted octanol–water partition coefficient (Wildman–Crippen LogP) is 3.16. The minimum atomic E-state index is -2.88. The summed E-state index contributed by atoms with van der Waals surface area (Å²) in [6, 6.07) is 9.39. The van der Waals surface area contributed by atoms with Crippen molar-refractivity contribution in [2.75, 3.05) is 6.61 Å². The lowest BCUT2D eigenvalue weighted by Gasteiger charge is -2.28. The zero-order valence-corrected chi connectivity index (χ0v) is 12.0. The summed E-state index contributed by atoms with van der Waals surface area (Å²) in [5.41, 5.74) is 0.416. The molecule has 1 N–H and O–H groups in total. The molecule has 0 unspecified atom stereocenters. The lowest BCUT2D eigenvalue weighted by atomic mass is 9.80. The van der Waals surface area contributed by atoms with Gasteiger partial charge in [-0.2, -0.15) is 8.78 Å². The van der Waals surface area contributed by atoms with Gasteiger partial charge in [0.15, 0.2) is 0 Å². The van der Waals surface area contributed by atoms with Crippen LogP contribution in [-0.4, -0.2) is 19.1 Å². The molecule has 0 spiro atoms. The fourth-order valence-electron chi connectivity index (χ4n) is 1.65. The van der Waals surface area contributed by atoms with E-state index in [0.717, 1.165) is 5.56 Å². The number of carbonyl (C=O) groups is 1. The number of rotatable bonds is 6. The van der Waals surface area contributed by atoms with Gasteiger partial charge < -0.3 is 10.1 Å². The number of halogens is 2. The summed E-state index contributed by atoms with van der Waals surface area (Å²) in [5, 5.41) is 2.73. The lowest BCUT2D eigenvalue weighted by Crippen LogP contribution is -2.39. The van der Waals surface area contributed by atoms with Gasteiger partial charge >= 0.3 is 6.61 Å². The number of ether oxygens (including phenoxy) is 1. The van der Waals surface area contributed by atoms with E-state index in [2.05, 4.69) is 10.1 Å². The van der Waals surface area contributed by atoms with Crippen molar-refractivity contribution < 1.29 is 18.3 Å². The fourth-order valence-corrected chi connectivity index (χ4v) is 1.65. The highest BCUT2D eigenvalue weighted by molar-refractivity contribution is 5.91. The zero-order chi connectivity index (χ0) is 15.2. The van der Waals surface area contributed by atoms with Gasteiger partial charge in [0.1, 0.15) is 0 Å². The molecule has 3 nitrogen and oxygen atoms in total. The van der Waals surface area contributed by atoms with E-state index < -0.39 is 12.0 Å². The van der Waals surface area contributed by atoms with Crippen LogP contribution in [-0.2, 0) is 16.1 Å². The van der Waals surface area contributed by atoms with E-state index in [1.807, 2.05) is 30.3 Å². The molecule has 0 aliphatic heterocycles. The first-order chi connectivity index (χ1) is 9.30. The van der Waals surface area contributed by atoms with Crippen molar-refractivity contribution >= 4 is 5.91 Å². The number of hydrogen-bond donors (Lipinski definition) is 1. The quantitative estimate of drug-likeness (QED) is 0.871. The summed E-state index contributed by atoms with van der Waals surface area (Å²) in [4.78, 5) is 12.1. The predicted molar refractivity (Wildman–Crippen MR) is 72.9 cm³/mol. The summed E-state index contributed by atoms with van der Waals surface area (Å²) < 4.78 is 28.5. The van der Waals surface area contributed by atoms with E-state index in [0.29, 0.717) is 12.5 Å². The van der Waals surface area contributed by atoms with Crippen LogP contribution in [0.5, 0.6) is 0 Å². The Balaban J connectivity index is 2.59. The van der Waals surface area contributed by atoms with Crippen LogP contribution in [0.15, 0.2) is 30.3 Å². The molecule has 0 atom stereocenters. The summed E-state index contributed by atoms with van der Waals surface area (Å²) in [6.07, 6.45) is 0. The van der Waals surface area contributed by atoms with Gasteiger partial charge in [-0.3, -0.25) is 4.79 Å². The topological polar surface area (TPSA) is 38.3 Å². The number of benzene rings is 1. The Morgan fingerprint density at radius 2 is 1.85 bits per heavy atom. The molecule has 0 aromatic heterocycles. The van der Waals surface area contributed by atoms with Gasteiger partial charge in [0.05, 0.1) is 12.5 Å². The molecule has 0 aliphatic rings. The summed E-state index contributed by atoms with van der Waals surface area (Å²) >= 11 is 0. The Morgan fingerprint density at radius 1 is 1.25 bits per heavy atom. The first-order valence-corrected chi connectivity index (χ1v) is 6.39. The van der Waals surface area contributed by atoms with Crippen LogP contribution >= 0.6 is 0 Å². The molecule has 1 radical (unpaired) electrons. The number of nitrogens with one attached hydrogen (secondary N) is 1. The molecular formula is C15H20F2NO2. The van der Waals surface area contributed by atoms with E-state index in [1.165, 1.54) is 0 Å². The Kier molecular flexibility index (Phi) is 6.07. The maximum atomic E-state index is 12.1. The number of hydrogen-bond acceptors (Lipinski definition) is 2. The van der Waals surface area contributed by atoms with E-state index in [9.17, 15) is 13.6 Å². The third-order valence-corrected chi connectivity index (χ3v) is 2.83. The van der Waals surface area contributed by atoms with Crippen LogP contribution in [0.4, 0.5) is 8.78 Å². The van der Waals surface area contributed by atoms with E-state index in [1.54, 1.807) is 20.8 Å². The Labute approximate surface area is 118 Å². The third-order valence-electron chi connectivity index (χ3n) is 2.83. The molecule has 1 aromatic carbocycles. The van der Waals surface area contributed by atoms with Gasteiger partial charge in [0.25, 0.3) is 0 Å². The summed E-state index contributed by atoms with van der Waals surface area (Å²) in [7, 11) is 0. The number of alkyl halides is 2. The normalized spacial score (nSPS) is 11.9. The molecule has 20 heavy (non-hydrogen) atoms. The van der Waals surface area contributed by atoms with Gasteiger partial charge in [-0.1, -0.05) is 51.1 Å². The van der Waals surface area contributed by atoms with Gasteiger partial charge in [-0.05, 0) is 11.0 Å². The average molecular weight is 284 g/mol. The SMILES string of the molecule is CC(C)(C)[C](COC(F)F)C(=O)NCc1ccccc1. The van der Waals surface area contributed by atoms with Gasteiger partial charge in [0.2, 0.25) is 5.91 Å². The second kappa shape index (κ2) is 7.33. The van der Waals surface area contributed by atoms with Crippen LogP contribution in [0.1, 0.15) is 26.3 Å². The molecule has 0 heterocycles. The van der Waals surface area contributed by atoms with Crippen molar-refractivity contribution in [2.24, 2.45) is 5.41 Å². The van der Waals surface area contributed by atoms with Crippen molar-refractivity contribution in [3.63, 3.8) is 0 Å². The molecule has 111 valence electrons. The molecular weight excluding hydrogens is 264 g/mol. The third kappa shape index (κ3) is 5.65. The van der Waals surface area contributed by atoms with Crippen molar-refractivity contribution in [3.8, 4) is 0 Å². The highest BCUT2D eigenvalue weighted by Gasteiger charge is 2.33. The molecule has 0 aliphatic carbocycles. The van der Waals surface area contributed by atoms with Crippen LogP contribution < -0.4 is 5.32 Å². The highest BCUT2D eigenvalue weighted by Crippen LogP contribution is 2.29. The first-order valence-electron chi connectivity index (χ1n) is 6.39. The number of carbonyl (C=O) groups excluding carboxylic acids is 1. The standard InChI is InChI=1S/C15H20F2NO2/c1-15(2,3)12(10-20-14(16)17)13(19)18-9-11-7-5-4-6-8-11/h4-8,14H,9-10H2,1-3H3,(H,18,19). The second-order valence-electron chi connectivity index (χ2n) is 5.47.